The molecule has 0 atom stereocenters. The number of aromatic nitrogens is 2. The molecule has 150 valence electrons. The fourth-order valence-electron chi connectivity index (χ4n) is 4.12. The van der Waals surface area contributed by atoms with Gasteiger partial charge >= 0.3 is 0 Å². The predicted molar refractivity (Wildman–Crippen MR) is 116 cm³/mol. The van der Waals surface area contributed by atoms with E-state index in [2.05, 4.69) is 57.1 Å². The van der Waals surface area contributed by atoms with Gasteiger partial charge in [0.1, 0.15) is 0 Å². The van der Waals surface area contributed by atoms with Gasteiger partial charge < -0.3 is 20.3 Å². The Balaban J connectivity index is 1.22. The number of hydrogen-bond acceptors (Lipinski definition) is 6. The summed E-state index contributed by atoms with van der Waals surface area (Å²) in [7, 11) is 0. The summed E-state index contributed by atoms with van der Waals surface area (Å²) in [6.07, 6.45) is 11.5. The van der Waals surface area contributed by atoms with Gasteiger partial charge in [-0.05, 0) is 54.2 Å². The Bertz CT molecular complexity index is 933. The van der Waals surface area contributed by atoms with Crippen LogP contribution in [0.3, 0.4) is 0 Å². The van der Waals surface area contributed by atoms with Gasteiger partial charge in [-0.1, -0.05) is 18.2 Å². The first-order chi connectivity index (χ1) is 14.3. The largest absolute Gasteiger partial charge is 0.384 e. The van der Waals surface area contributed by atoms with E-state index in [1.54, 1.807) is 0 Å². The number of fused-ring (bicyclic) bond motifs is 1. The smallest absolute Gasteiger partial charge is 0.223 e. The van der Waals surface area contributed by atoms with Gasteiger partial charge in [0.05, 0.1) is 5.69 Å². The highest BCUT2D eigenvalue weighted by Crippen LogP contribution is 2.25. The van der Waals surface area contributed by atoms with E-state index in [1.165, 1.54) is 16.8 Å². The Morgan fingerprint density at radius 3 is 3.00 bits per heavy atom. The van der Waals surface area contributed by atoms with Crippen LogP contribution in [0.25, 0.3) is 5.57 Å². The van der Waals surface area contributed by atoms with Crippen molar-refractivity contribution in [3.63, 3.8) is 0 Å². The zero-order chi connectivity index (χ0) is 19.5. The van der Waals surface area contributed by atoms with Crippen LogP contribution in [0.2, 0.25) is 0 Å². The summed E-state index contributed by atoms with van der Waals surface area (Å²) in [4.78, 5) is 11.4. The second-order valence-electron chi connectivity index (χ2n) is 7.87. The Kier molecular flexibility index (Phi) is 5.17. The lowest BCUT2D eigenvalue weighted by molar-refractivity contribution is 0.0903. The van der Waals surface area contributed by atoms with Gasteiger partial charge in [-0.3, -0.25) is 0 Å². The molecule has 3 aliphatic rings. The predicted octanol–water partition coefficient (Wildman–Crippen LogP) is 3.45. The van der Waals surface area contributed by atoms with Gasteiger partial charge in [-0.25, -0.2) is 9.97 Å². The number of hydrogen-bond donors (Lipinski definition) is 2. The van der Waals surface area contributed by atoms with Crippen molar-refractivity contribution < 1.29 is 4.74 Å². The van der Waals surface area contributed by atoms with Crippen molar-refractivity contribution in [2.45, 2.75) is 31.8 Å². The molecule has 0 bridgehead atoms. The maximum atomic E-state index is 5.42. The van der Waals surface area contributed by atoms with Gasteiger partial charge in [0.15, 0.2) is 0 Å². The number of anilines is 2. The molecular formula is C23H27N5O. The average Bonchev–Trinajstić information content (AvgIpc) is 3.23. The minimum Gasteiger partial charge on any atom is -0.384 e. The molecule has 3 aliphatic heterocycles. The number of nitrogens with one attached hydrogen (secondary N) is 2. The lowest BCUT2D eigenvalue weighted by Gasteiger charge is -2.24. The Labute approximate surface area is 171 Å². The van der Waals surface area contributed by atoms with E-state index in [9.17, 15) is 0 Å². The van der Waals surface area contributed by atoms with Crippen molar-refractivity contribution in [3.8, 4) is 0 Å². The van der Waals surface area contributed by atoms with E-state index in [4.69, 9.17) is 9.72 Å². The van der Waals surface area contributed by atoms with E-state index >= 15 is 0 Å². The lowest BCUT2D eigenvalue weighted by Crippen LogP contribution is -2.28. The first kappa shape index (κ1) is 18.2. The monoisotopic (exact) mass is 389 g/mol. The Morgan fingerprint density at radius 1 is 1.21 bits per heavy atom. The molecule has 5 rings (SSSR count). The summed E-state index contributed by atoms with van der Waals surface area (Å²) in [6, 6.07) is 9.17. The normalized spacial score (nSPS) is 18.9. The maximum absolute atomic E-state index is 5.42. The van der Waals surface area contributed by atoms with Gasteiger partial charge in [0, 0.05) is 57.0 Å². The topological polar surface area (TPSA) is 62.3 Å². The fraction of sp³-hybridized carbons (Fsp3) is 0.391. The number of rotatable bonds is 5. The second-order valence-corrected chi connectivity index (χ2v) is 7.87. The molecule has 0 aliphatic carbocycles. The van der Waals surface area contributed by atoms with Crippen molar-refractivity contribution in [2.24, 2.45) is 0 Å². The molecule has 1 aromatic carbocycles. The molecule has 29 heavy (non-hydrogen) atoms. The zero-order valence-electron chi connectivity index (χ0n) is 16.6. The minimum atomic E-state index is 0.396. The van der Waals surface area contributed by atoms with E-state index < -0.39 is 0 Å². The van der Waals surface area contributed by atoms with Crippen molar-refractivity contribution in [3.05, 3.63) is 65.6 Å². The Hall–Kier alpha value is -2.86. The minimum absolute atomic E-state index is 0.396. The van der Waals surface area contributed by atoms with Crippen LogP contribution in [0.5, 0.6) is 0 Å². The van der Waals surface area contributed by atoms with E-state index in [1.807, 2.05) is 12.3 Å². The molecule has 0 spiro atoms. The van der Waals surface area contributed by atoms with Crippen LogP contribution in [0, 0.1) is 0 Å². The summed E-state index contributed by atoms with van der Waals surface area (Å²) in [5.74, 6) is 0.705. The van der Waals surface area contributed by atoms with Crippen LogP contribution in [-0.4, -0.2) is 47.2 Å². The molecule has 2 N–H and O–H groups in total. The van der Waals surface area contributed by atoms with Gasteiger partial charge in [-0.2, -0.15) is 0 Å². The number of allylic oxidation sites excluding steroid dienone is 2. The van der Waals surface area contributed by atoms with Crippen LogP contribution in [0.4, 0.5) is 11.6 Å². The number of benzene rings is 1. The summed E-state index contributed by atoms with van der Waals surface area (Å²) >= 11 is 0. The van der Waals surface area contributed by atoms with Crippen LogP contribution < -0.4 is 10.6 Å². The molecule has 4 heterocycles. The first-order valence-electron chi connectivity index (χ1n) is 10.5. The van der Waals surface area contributed by atoms with Crippen molar-refractivity contribution in [1.82, 2.24) is 14.9 Å². The fourth-order valence-corrected chi connectivity index (χ4v) is 4.12. The molecule has 0 saturated carbocycles. The summed E-state index contributed by atoms with van der Waals surface area (Å²) in [5, 5.41) is 6.92. The zero-order valence-corrected chi connectivity index (χ0v) is 16.6. The molecule has 0 unspecified atom stereocenters. The number of nitrogens with zero attached hydrogens (tertiary/aromatic N) is 3. The van der Waals surface area contributed by atoms with E-state index in [0.717, 1.165) is 63.4 Å². The highest BCUT2D eigenvalue weighted by molar-refractivity contribution is 5.73. The third-order valence-electron chi connectivity index (χ3n) is 5.79. The maximum Gasteiger partial charge on any atom is 0.223 e. The van der Waals surface area contributed by atoms with Gasteiger partial charge in [0.2, 0.25) is 5.95 Å². The highest BCUT2D eigenvalue weighted by atomic mass is 16.5. The van der Waals surface area contributed by atoms with Crippen molar-refractivity contribution in [1.29, 1.82) is 0 Å². The van der Waals surface area contributed by atoms with Crippen LogP contribution in [0.15, 0.2) is 48.8 Å². The van der Waals surface area contributed by atoms with Gasteiger partial charge in [0.25, 0.3) is 0 Å². The van der Waals surface area contributed by atoms with E-state index in [0.29, 0.717) is 12.0 Å². The molecule has 1 saturated heterocycles. The highest BCUT2D eigenvalue weighted by Gasteiger charge is 2.16. The van der Waals surface area contributed by atoms with Crippen LogP contribution in [-0.2, 0) is 17.7 Å². The SMILES string of the molecule is C1=CN(Cc2ccc3c(c2)NCC3)CC=C1c1ccnc(NC2CCOCC2)n1. The van der Waals surface area contributed by atoms with Crippen LogP contribution in [0.1, 0.15) is 29.7 Å². The quantitative estimate of drug-likeness (QED) is 0.817. The molecule has 0 radical (unpaired) electrons. The molecule has 2 aromatic rings. The van der Waals surface area contributed by atoms with Crippen LogP contribution >= 0.6 is 0 Å². The number of ether oxygens (including phenoxy) is 1. The molecular weight excluding hydrogens is 362 g/mol. The molecule has 1 aromatic heterocycles. The summed E-state index contributed by atoms with van der Waals surface area (Å²) in [5.41, 5.74) is 6.18. The van der Waals surface area contributed by atoms with Crippen molar-refractivity contribution in [2.75, 3.05) is 36.9 Å². The van der Waals surface area contributed by atoms with E-state index in [-0.39, 0.29) is 0 Å². The molecule has 0 amide bonds. The van der Waals surface area contributed by atoms with Gasteiger partial charge in [-0.15, -0.1) is 0 Å². The standard InChI is InChI=1S/C23H27N5O/c1-2-18-3-9-24-22(18)15-17(1)16-28-11-5-19(6-12-28)21-4-10-25-23(27-21)26-20-7-13-29-14-8-20/h1-2,4-6,10-11,15,20,24H,3,7-9,12-14,16H2,(H,25,26,27). The first-order valence-corrected chi connectivity index (χ1v) is 10.5. The molecule has 1 fully saturated rings. The lowest BCUT2D eigenvalue weighted by atomic mass is 10.1. The summed E-state index contributed by atoms with van der Waals surface area (Å²) in [6.45, 7) is 4.46. The summed E-state index contributed by atoms with van der Waals surface area (Å²) < 4.78 is 5.42. The Morgan fingerprint density at radius 2 is 2.14 bits per heavy atom. The molecule has 6 nitrogen and oxygen atoms in total. The third-order valence-corrected chi connectivity index (χ3v) is 5.79. The third kappa shape index (κ3) is 4.27. The average molecular weight is 390 g/mol. The second kappa shape index (κ2) is 8.25. The van der Waals surface area contributed by atoms with Crippen molar-refractivity contribution >= 4 is 17.2 Å². The molecule has 6 heteroatoms.